The van der Waals surface area contributed by atoms with Gasteiger partial charge in [-0.05, 0) is 51.4 Å². The predicted molar refractivity (Wildman–Crippen MR) is 89.3 cm³/mol. The molecule has 1 aromatic heterocycles. The number of aromatic nitrogens is 2. The zero-order chi connectivity index (χ0) is 15.7. The number of halogens is 1. The van der Waals surface area contributed by atoms with E-state index in [1.807, 2.05) is 12.1 Å². The van der Waals surface area contributed by atoms with Crippen LogP contribution in [0.3, 0.4) is 0 Å². The van der Waals surface area contributed by atoms with Gasteiger partial charge < -0.3 is 4.98 Å². The van der Waals surface area contributed by atoms with E-state index in [1.54, 1.807) is 6.92 Å². The number of benzene rings is 1. The third kappa shape index (κ3) is 2.94. The van der Waals surface area contributed by atoms with Crippen molar-refractivity contribution in [1.82, 2.24) is 14.9 Å². The summed E-state index contributed by atoms with van der Waals surface area (Å²) in [6, 6.07) is 8.54. The van der Waals surface area contributed by atoms with Gasteiger partial charge in [-0.3, -0.25) is 9.69 Å². The van der Waals surface area contributed by atoms with E-state index in [1.165, 1.54) is 18.4 Å². The molecule has 1 aliphatic rings. The lowest BCUT2D eigenvalue weighted by Crippen LogP contribution is -2.23. The van der Waals surface area contributed by atoms with E-state index in [2.05, 4.69) is 33.9 Å². The molecule has 1 fully saturated rings. The van der Waals surface area contributed by atoms with E-state index in [-0.39, 0.29) is 10.6 Å². The lowest BCUT2D eigenvalue weighted by Gasteiger charge is -2.24. The summed E-state index contributed by atoms with van der Waals surface area (Å²) in [6.45, 7) is 6.28. The summed E-state index contributed by atoms with van der Waals surface area (Å²) in [5, 5.41) is 0.150. The fourth-order valence-electron chi connectivity index (χ4n) is 3.05. The van der Waals surface area contributed by atoms with Gasteiger partial charge in [-0.25, -0.2) is 4.98 Å². The molecule has 22 heavy (non-hydrogen) atoms. The minimum Gasteiger partial charge on any atom is -0.309 e. The molecule has 0 amide bonds. The quantitative estimate of drug-likeness (QED) is 0.941. The van der Waals surface area contributed by atoms with Crippen LogP contribution in [0.1, 0.15) is 37.2 Å². The highest BCUT2D eigenvalue weighted by molar-refractivity contribution is 6.32. The summed E-state index contributed by atoms with van der Waals surface area (Å²) in [4.78, 5) is 21.3. The largest absolute Gasteiger partial charge is 0.309 e. The minimum absolute atomic E-state index is 0.150. The molecular formula is C17H20ClN3O. The number of nitrogens with zero attached hydrogens (tertiary/aromatic N) is 2. The molecule has 0 spiro atoms. The van der Waals surface area contributed by atoms with Crippen LogP contribution in [0, 0.1) is 6.92 Å². The van der Waals surface area contributed by atoms with Gasteiger partial charge >= 0.3 is 0 Å². The van der Waals surface area contributed by atoms with E-state index in [9.17, 15) is 4.79 Å². The lowest BCUT2D eigenvalue weighted by atomic mass is 10.0. The Morgan fingerprint density at radius 3 is 2.77 bits per heavy atom. The maximum absolute atomic E-state index is 11.8. The molecule has 1 unspecified atom stereocenters. The van der Waals surface area contributed by atoms with Gasteiger partial charge in [0.15, 0.2) is 0 Å². The molecule has 0 bridgehead atoms. The lowest BCUT2D eigenvalue weighted by molar-refractivity contribution is 0.263. The van der Waals surface area contributed by atoms with E-state index < -0.39 is 0 Å². The first kappa shape index (κ1) is 15.3. The predicted octanol–water partition coefficient (Wildman–Crippen LogP) is 3.56. The SMILES string of the molecule is Cc1nc(-c2cccc(C(C)N3CCCC3)c2)c(Cl)c(=O)[nH]1. The van der Waals surface area contributed by atoms with Crippen molar-refractivity contribution < 1.29 is 0 Å². The monoisotopic (exact) mass is 317 g/mol. The van der Waals surface area contributed by atoms with Crippen molar-refractivity contribution in [3.63, 3.8) is 0 Å². The fraction of sp³-hybridized carbons (Fsp3) is 0.412. The molecule has 5 heteroatoms. The normalized spacial score (nSPS) is 16.9. The number of hydrogen-bond acceptors (Lipinski definition) is 3. The number of likely N-dealkylation sites (tertiary alicyclic amines) is 1. The van der Waals surface area contributed by atoms with Gasteiger partial charge in [0.1, 0.15) is 10.8 Å². The highest BCUT2D eigenvalue weighted by Gasteiger charge is 2.20. The molecule has 1 N–H and O–H groups in total. The van der Waals surface area contributed by atoms with Crippen molar-refractivity contribution in [3.8, 4) is 11.3 Å². The zero-order valence-electron chi connectivity index (χ0n) is 12.9. The summed E-state index contributed by atoms with van der Waals surface area (Å²) in [7, 11) is 0. The van der Waals surface area contributed by atoms with Crippen molar-refractivity contribution in [3.05, 3.63) is 51.0 Å². The number of rotatable bonds is 3. The Kier molecular flexibility index (Phi) is 4.32. The van der Waals surface area contributed by atoms with Gasteiger partial charge in [-0.15, -0.1) is 0 Å². The van der Waals surface area contributed by atoms with E-state index in [4.69, 9.17) is 11.6 Å². The molecule has 1 atom stereocenters. The molecule has 1 aliphatic heterocycles. The summed E-state index contributed by atoms with van der Waals surface area (Å²) >= 11 is 6.14. The molecule has 0 radical (unpaired) electrons. The summed E-state index contributed by atoms with van der Waals surface area (Å²) in [6.07, 6.45) is 2.54. The smallest absolute Gasteiger partial charge is 0.270 e. The number of aromatic amines is 1. The van der Waals surface area contributed by atoms with Crippen LogP contribution >= 0.6 is 11.6 Å². The average Bonchev–Trinajstić information content (AvgIpc) is 3.04. The Morgan fingerprint density at radius 2 is 2.05 bits per heavy atom. The van der Waals surface area contributed by atoms with Gasteiger partial charge in [0.05, 0.1) is 5.69 Å². The van der Waals surface area contributed by atoms with Crippen molar-refractivity contribution in [2.24, 2.45) is 0 Å². The van der Waals surface area contributed by atoms with Gasteiger partial charge in [0.2, 0.25) is 0 Å². The van der Waals surface area contributed by atoms with E-state index in [0.29, 0.717) is 17.6 Å². The number of H-pyrrole nitrogens is 1. The molecule has 3 rings (SSSR count). The first-order chi connectivity index (χ1) is 10.6. The summed E-state index contributed by atoms with van der Waals surface area (Å²) < 4.78 is 0. The second-order valence-electron chi connectivity index (χ2n) is 5.86. The number of hydrogen-bond donors (Lipinski definition) is 1. The molecule has 116 valence electrons. The van der Waals surface area contributed by atoms with Crippen LogP contribution in [-0.2, 0) is 0 Å². The Bertz CT molecular complexity index is 735. The van der Waals surface area contributed by atoms with Crippen LogP contribution in [0.4, 0.5) is 0 Å². The second-order valence-corrected chi connectivity index (χ2v) is 6.24. The Hall–Kier alpha value is -1.65. The second kappa shape index (κ2) is 6.23. The van der Waals surface area contributed by atoms with Crippen molar-refractivity contribution in [2.45, 2.75) is 32.7 Å². The summed E-state index contributed by atoms with van der Waals surface area (Å²) in [5.74, 6) is 0.572. The fourth-order valence-corrected chi connectivity index (χ4v) is 3.25. The van der Waals surface area contributed by atoms with Gasteiger partial charge in [0, 0.05) is 11.6 Å². The number of aryl methyl sites for hydroxylation is 1. The first-order valence-electron chi connectivity index (χ1n) is 7.67. The van der Waals surface area contributed by atoms with Crippen LogP contribution in [0.15, 0.2) is 29.1 Å². The van der Waals surface area contributed by atoms with Crippen LogP contribution in [0.2, 0.25) is 5.02 Å². The third-order valence-corrected chi connectivity index (χ3v) is 4.66. The topological polar surface area (TPSA) is 49.0 Å². The van der Waals surface area contributed by atoms with E-state index >= 15 is 0 Å². The van der Waals surface area contributed by atoms with Gasteiger partial charge in [0.25, 0.3) is 5.56 Å². The maximum Gasteiger partial charge on any atom is 0.270 e. The van der Waals surface area contributed by atoms with Gasteiger partial charge in [-0.2, -0.15) is 0 Å². The van der Waals surface area contributed by atoms with Crippen LogP contribution < -0.4 is 5.56 Å². The first-order valence-corrected chi connectivity index (χ1v) is 8.05. The zero-order valence-corrected chi connectivity index (χ0v) is 13.7. The highest BCUT2D eigenvalue weighted by atomic mass is 35.5. The number of nitrogens with one attached hydrogen (secondary N) is 1. The Morgan fingerprint density at radius 1 is 1.32 bits per heavy atom. The van der Waals surface area contributed by atoms with Crippen molar-refractivity contribution in [2.75, 3.05) is 13.1 Å². The highest BCUT2D eigenvalue weighted by Crippen LogP contribution is 2.29. The minimum atomic E-state index is -0.290. The Balaban J connectivity index is 1.99. The molecule has 0 saturated carbocycles. The summed E-state index contributed by atoms with van der Waals surface area (Å²) in [5.41, 5.74) is 2.39. The van der Waals surface area contributed by atoms with E-state index in [0.717, 1.165) is 18.7 Å². The average molecular weight is 318 g/mol. The van der Waals surface area contributed by atoms with Crippen LogP contribution in [0.5, 0.6) is 0 Å². The standard InChI is InChI=1S/C17H20ClN3O/c1-11(21-8-3-4-9-21)13-6-5-7-14(10-13)16-15(18)17(22)20-12(2)19-16/h5-7,10-11H,3-4,8-9H2,1-2H3,(H,19,20,22). The molecule has 2 aromatic rings. The molecule has 1 saturated heterocycles. The van der Waals surface area contributed by atoms with Crippen molar-refractivity contribution >= 4 is 11.6 Å². The molecule has 0 aliphatic carbocycles. The van der Waals surface area contributed by atoms with Crippen molar-refractivity contribution in [1.29, 1.82) is 0 Å². The third-order valence-electron chi connectivity index (χ3n) is 4.31. The molecule has 2 heterocycles. The Labute approximate surface area is 135 Å². The van der Waals surface area contributed by atoms with Gasteiger partial charge in [-0.1, -0.05) is 29.8 Å². The molecule has 4 nitrogen and oxygen atoms in total. The molecule has 1 aromatic carbocycles. The maximum atomic E-state index is 11.8. The van der Waals surface area contributed by atoms with Crippen LogP contribution in [-0.4, -0.2) is 28.0 Å². The molecular weight excluding hydrogens is 298 g/mol. The van der Waals surface area contributed by atoms with Crippen LogP contribution in [0.25, 0.3) is 11.3 Å².